The van der Waals surface area contributed by atoms with Gasteiger partial charge >= 0.3 is 6.18 Å². The fraction of sp³-hybridized carbons (Fsp3) is 0.370. The van der Waals surface area contributed by atoms with Crippen LogP contribution in [0, 0.1) is 13.8 Å². The highest BCUT2D eigenvalue weighted by Crippen LogP contribution is 2.38. The van der Waals surface area contributed by atoms with Crippen LogP contribution in [0.25, 0.3) is 10.6 Å². The number of aryl methyl sites for hydroxylation is 2. The molecular weight excluding hydrogens is 619 g/mol. The van der Waals surface area contributed by atoms with Crippen LogP contribution in [0.2, 0.25) is 0 Å². The van der Waals surface area contributed by atoms with Crippen LogP contribution in [0.4, 0.5) is 30.1 Å². The smallest absolute Gasteiger partial charge is 0.423 e. The van der Waals surface area contributed by atoms with Gasteiger partial charge in [-0.3, -0.25) is 9.59 Å². The highest BCUT2D eigenvalue weighted by atomic mass is 32.1. The maximum atomic E-state index is 13.5. The second kappa shape index (κ2) is 11.6. The van der Waals surface area contributed by atoms with Crippen molar-refractivity contribution in [2.24, 2.45) is 5.73 Å². The van der Waals surface area contributed by atoms with E-state index in [1.807, 2.05) is 24.1 Å². The van der Waals surface area contributed by atoms with Crippen molar-refractivity contribution >= 4 is 51.4 Å². The van der Waals surface area contributed by atoms with Gasteiger partial charge in [0.25, 0.3) is 11.8 Å². The molecule has 4 aromatic heterocycles. The number of nitrogens with two attached hydrogens (primary N) is 1. The monoisotopic (exact) mass is 645 g/mol. The van der Waals surface area contributed by atoms with E-state index >= 15 is 0 Å². The Bertz CT molecular complexity index is 1700. The normalized spacial score (nSPS) is 18.0. The minimum atomic E-state index is -4.78. The summed E-state index contributed by atoms with van der Waals surface area (Å²) in [6, 6.07) is 3.02. The van der Waals surface area contributed by atoms with Crippen molar-refractivity contribution in [3.05, 3.63) is 51.7 Å². The molecule has 12 nitrogen and oxygen atoms in total. The molecule has 0 radical (unpaired) electrons. The summed E-state index contributed by atoms with van der Waals surface area (Å²) >= 11 is 3.04. The zero-order valence-corrected chi connectivity index (χ0v) is 25.1. The molecule has 0 unspecified atom stereocenters. The van der Waals surface area contributed by atoms with Crippen molar-refractivity contribution < 1.29 is 27.5 Å². The second-order valence-corrected chi connectivity index (χ2v) is 12.4. The second-order valence-electron chi connectivity index (χ2n) is 10.4. The Morgan fingerprint density at radius 2 is 1.84 bits per heavy atom. The van der Waals surface area contributed by atoms with E-state index in [9.17, 15) is 22.8 Å². The number of fused-ring (bicyclic) bond motifs is 2. The number of halogens is 3. The van der Waals surface area contributed by atoms with Crippen molar-refractivity contribution in [1.29, 1.82) is 0 Å². The first kappa shape index (κ1) is 29.7. The molecule has 17 heteroatoms. The number of pyridine rings is 1. The average Bonchev–Trinajstić information content (AvgIpc) is 3.65. The van der Waals surface area contributed by atoms with Crippen molar-refractivity contribution in [2.45, 2.75) is 44.9 Å². The molecule has 0 aliphatic carbocycles. The van der Waals surface area contributed by atoms with Crippen molar-refractivity contribution in [1.82, 2.24) is 29.8 Å². The van der Waals surface area contributed by atoms with Crippen LogP contribution >= 0.6 is 22.7 Å². The molecule has 3 N–H and O–H groups in total. The summed E-state index contributed by atoms with van der Waals surface area (Å²) < 4.78 is 45.3. The summed E-state index contributed by atoms with van der Waals surface area (Å²) in [5, 5.41) is 6.78. The zero-order valence-electron chi connectivity index (χ0n) is 23.5. The summed E-state index contributed by atoms with van der Waals surface area (Å²) in [5.74, 6) is -1.32. The Balaban J connectivity index is 1.12. The lowest BCUT2D eigenvalue weighted by Crippen LogP contribution is -2.56. The van der Waals surface area contributed by atoms with Gasteiger partial charge in [0, 0.05) is 30.9 Å². The SMILES string of the molecule is Cc1nc(C)c(-c2csc(Nc3ccc(C(=O)N4[C@@H]5CC[C@H]4CN(c4ncc(C(F)(F)F)c(OCC(N)=O)n4)C5)cn3)n2)s1. The van der Waals surface area contributed by atoms with Gasteiger partial charge in [-0.05, 0) is 38.8 Å². The molecule has 2 aliphatic heterocycles. The largest absolute Gasteiger partial charge is 0.467 e. The van der Waals surface area contributed by atoms with Crippen LogP contribution in [0.15, 0.2) is 29.9 Å². The number of alkyl halides is 3. The number of rotatable bonds is 8. The van der Waals surface area contributed by atoms with Crippen LogP contribution in [0.3, 0.4) is 0 Å². The first-order valence-corrected chi connectivity index (χ1v) is 15.2. The number of nitrogens with one attached hydrogen (secondary N) is 1. The number of hydrogen-bond donors (Lipinski definition) is 2. The maximum Gasteiger partial charge on any atom is 0.423 e. The van der Waals surface area contributed by atoms with Crippen LogP contribution in [0.5, 0.6) is 5.88 Å². The Morgan fingerprint density at radius 3 is 2.45 bits per heavy atom. The predicted molar refractivity (Wildman–Crippen MR) is 157 cm³/mol. The van der Waals surface area contributed by atoms with E-state index in [2.05, 4.69) is 30.2 Å². The number of primary amides is 1. The van der Waals surface area contributed by atoms with Gasteiger partial charge in [-0.1, -0.05) is 0 Å². The summed E-state index contributed by atoms with van der Waals surface area (Å²) in [7, 11) is 0. The number of amides is 2. The molecule has 2 atom stereocenters. The Labute approximate surface area is 257 Å². The molecule has 2 amide bonds. The summed E-state index contributed by atoms with van der Waals surface area (Å²) in [4.78, 5) is 50.6. The highest BCUT2D eigenvalue weighted by Gasteiger charge is 2.44. The standard InChI is InChI=1S/C27H26F3N9O3S2/c1-13-22(44-14(2)34-13)19-12-43-26(35-19)36-21-6-3-15(7-32-21)24(41)39-16-4-5-17(39)10-38(9-16)25-33-8-18(27(28,29)30)23(37-25)42-11-20(31)40/h3,6-8,12,16-17H,4-5,9-11H2,1-2H3,(H2,31,40)(H,32,35,36)/t16-,17+. The van der Waals surface area contributed by atoms with Crippen LogP contribution in [-0.2, 0) is 11.0 Å². The highest BCUT2D eigenvalue weighted by molar-refractivity contribution is 7.16. The number of hydrogen-bond acceptors (Lipinski definition) is 12. The lowest BCUT2D eigenvalue weighted by molar-refractivity contribution is -0.140. The van der Waals surface area contributed by atoms with E-state index in [1.54, 1.807) is 28.4 Å². The molecule has 6 heterocycles. The molecule has 0 saturated carbocycles. The van der Waals surface area contributed by atoms with Gasteiger partial charge in [-0.25, -0.2) is 19.9 Å². The van der Waals surface area contributed by atoms with Crippen LogP contribution in [0.1, 0.15) is 39.5 Å². The van der Waals surface area contributed by atoms with Gasteiger partial charge in [0.15, 0.2) is 11.7 Å². The van der Waals surface area contributed by atoms with E-state index < -0.39 is 30.1 Å². The molecule has 6 rings (SSSR count). The summed E-state index contributed by atoms with van der Waals surface area (Å²) in [6.45, 7) is 3.80. The third-order valence-electron chi connectivity index (χ3n) is 7.28. The van der Waals surface area contributed by atoms with E-state index in [1.165, 1.54) is 17.5 Å². The number of ether oxygens (including phenoxy) is 1. The topological polar surface area (TPSA) is 152 Å². The van der Waals surface area contributed by atoms with Gasteiger partial charge in [-0.15, -0.1) is 22.7 Å². The van der Waals surface area contributed by atoms with Crippen molar-refractivity contribution in [3.8, 4) is 16.5 Å². The fourth-order valence-corrected chi connectivity index (χ4v) is 7.07. The number of aromatic nitrogens is 5. The van der Waals surface area contributed by atoms with E-state index in [4.69, 9.17) is 10.5 Å². The van der Waals surface area contributed by atoms with Crippen LogP contribution < -0.4 is 20.7 Å². The molecule has 2 aliphatic rings. The molecule has 230 valence electrons. The van der Waals surface area contributed by atoms with E-state index in [0.717, 1.165) is 34.1 Å². The summed E-state index contributed by atoms with van der Waals surface area (Å²) in [6.07, 6.45) is -1.19. The Morgan fingerprint density at radius 1 is 1.09 bits per heavy atom. The number of anilines is 3. The molecule has 2 fully saturated rings. The first-order valence-electron chi connectivity index (χ1n) is 13.5. The molecule has 44 heavy (non-hydrogen) atoms. The van der Waals surface area contributed by atoms with E-state index in [-0.39, 0.29) is 23.9 Å². The quantitative estimate of drug-likeness (QED) is 0.285. The van der Waals surface area contributed by atoms with Crippen molar-refractivity contribution in [3.63, 3.8) is 0 Å². The van der Waals surface area contributed by atoms with Crippen LogP contribution in [-0.4, -0.2) is 73.4 Å². The number of nitrogens with zero attached hydrogens (tertiary/aromatic N) is 7. The lowest BCUT2D eigenvalue weighted by Gasteiger charge is -2.41. The average molecular weight is 646 g/mol. The van der Waals surface area contributed by atoms with Crippen molar-refractivity contribution in [2.75, 3.05) is 29.9 Å². The Hall–Kier alpha value is -4.38. The molecular formula is C27H26F3N9O3S2. The summed E-state index contributed by atoms with van der Waals surface area (Å²) in [5.41, 5.74) is 6.04. The fourth-order valence-electron chi connectivity index (χ4n) is 5.41. The van der Waals surface area contributed by atoms with Gasteiger partial charge in [-0.2, -0.15) is 18.2 Å². The Kier molecular flexibility index (Phi) is 7.83. The van der Waals surface area contributed by atoms with Gasteiger partial charge in [0.1, 0.15) is 11.4 Å². The van der Waals surface area contributed by atoms with Gasteiger partial charge in [0.05, 0.1) is 38.9 Å². The molecule has 2 saturated heterocycles. The number of carbonyl (C=O) groups is 2. The third kappa shape index (κ3) is 6.01. The molecule has 2 bridgehead atoms. The molecule has 0 aromatic carbocycles. The first-order chi connectivity index (χ1) is 21.0. The number of thiazole rings is 2. The minimum absolute atomic E-state index is 0.0181. The molecule has 4 aromatic rings. The van der Waals surface area contributed by atoms with E-state index in [0.29, 0.717) is 35.8 Å². The minimum Gasteiger partial charge on any atom is -0.467 e. The van der Waals surface area contributed by atoms with Gasteiger partial charge in [0.2, 0.25) is 11.8 Å². The predicted octanol–water partition coefficient (Wildman–Crippen LogP) is 4.19. The third-order valence-corrected chi connectivity index (χ3v) is 9.14. The zero-order chi connectivity index (χ0) is 31.2. The maximum absolute atomic E-state index is 13.5. The van der Waals surface area contributed by atoms with Gasteiger partial charge < -0.3 is 25.6 Å². The lowest BCUT2D eigenvalue weighted by atomic mass is 10.1. The number of piperazine rings is 1. The number of carbonyl (C=O) groups excluding carboxylic acids is 2. The molecule has 0 spiro atoms.